The van der Waals surface area contributed by atoms with E-state index in [4.69, 9.17) is 14.6 Å². The van der Waals surface area contributed by atoms with Gasteiger partial charge in [-0.3, -0.25) is 9.69 Å². The zero-order valence-corrected chi connectivity index (χ0v) is 28.1. The highest BCUT2D eigenvalue weighted by Crippen LogP contribution is 2.46. The third-order valence-electron chi connectivity index (χ3n) is 8.90. The Balaban J connectivity index is 1.65. The fourth-order valence-electron chi connectivity index (χ4n) is 6.32. The molecule has 2 aromatic carbocycles. The number of carbonyl (C=O) groups is 2. The third kappa shape index (κ3) is 9.41. The molecule has 0 saturated carbocycles. The summed E-state index contributed by atoms with van der Waals surface area (Å²) < 4.78 is 136. The Kier molecular flexibility index (Phi) is 11.6. The lowest BCUT2D eigenvalue weighted by Crippen LogP contribution is -2.48. The van der Waals surface area contributed by atoms with Crippen LogP contribution < -0.4 is 14.7 Å². The Morgan fingerprint density at radius 2 is 1.51 bits per heavy atom. The molecule has 0 spiro atoms. The number of nitrogens with zero attached hydrogens (tertiary/aromatic N) is 5. The first-order chi connectivity index (χ1) is 24.9. The van der Waals surface area contributed by atoms with Gasteiger partial charge in [-0.1, -0.05) is 6.92 Å². The van der Waals surface area contributed by atoms with Gasteiger partial charge in [0.15, 0.2) is 0 Å². The average Bonchev–Trinajstić information content (AvgIpc) is 3.10. The molecule has 0 bridgehead atoms. The molecule has 53 heavy (non-hydrogen) atoms. The number of rotatable bonds is 10. The smallest absolute Gasteiger partial charge is 0.416 e. The van der Waals surface area contributed by atoms with Crippen LogP contribution in [0, 0.1) is 0 Å². The van der Waals surface area contributed by atoms with Crippen molar-refractivity contribution in [2.75, 3.05) is 47.6 Å². The summed E-state index contributed by atoms with van der Waals surface area (Å²) in [6.07, 6.45) is -13.8. The molecule has 1 saturated heterocycles. The molecule has 2 atom stereocenters. The molecule has 1 N–H and O–H groups in total. The second-order valence-corrected chi connectivity index (χ2v) is 12.4. The van der Waals surface area contributed by atoms with Gasteiger partial charge in [-0.25, -0.2) is 14.8 Å². The van der Waals surface area contributed by atoms with E-state index < -0.39 is 71.5 Å². The van der Waals surface area contributed by atoms with Crippen LogP contribution in [0.2, 0.25) is 0 Å². The maximum absolute atomic E-state index is 14.1. The van der Waals surface area contributed by atoms with Gasteiger partial charge >= 0.3 is 30.6 Å². The van der Waals surface area contributed by atoms with Crippen molar-refractivity contribution in [2.24, 2.45) is 0 Å². The monoisotopic (exact) mass is 763 g/mol. The highest BCUT2D eigenvalue weighted by molar-refractivity contribution is 5.90. The number of hydrogen-bond acceptors (Lipinski definition) is 8. The number of halogens is 9. The van der Waals surface area contributed by atoms with E-state index in [1.807, 2.05) is 4.90 Å². The van der Waals surface area contributed by atoms with Crippen LogP contribution in [-0.2, 0) is 39.3 Å². The third-order valence-corrected chi connectivity index (χ3v) is 8.90. The maximum Gasteiger partial charge on any atom is 0.416 e. The average molecular weight is 764 g/mol. The van der Waals surface area contributed by atoms with Gasteiger partial charge in [0.1, 0.15) is 0 Å². The molecule has 288 valence electrons. The number of alkyl halides is 9. The number of aliphatic carboxylic acids is 1. The summed E-state index contributed by atoms with van der Waals surface area (Å²) in [4.78, 5) is 37.4. The predicted molar refractivity (Wildman–Crippen MR) is 171 cm³/mol. The number of carboxylic acid groups (broad SMARTS) is 1. The molecule has 2 aliphatic heterocycles. The molecule has 5 rings (SSSR count). The number of hydrogen-bond donors (Lipinski definition) is 1. The molecule has 3 heterocycles. The Morgan fingerprint density at radius 1 is 0.906 bits per heavy atom. The number of benzene rings is 2. The summed E-state index contributed by atoms with van der Waals surface area (Å²) in [5.74, 6) is -1.34. The second kappa shape index (κ2) is 15.7. The Labute approximate surface area is 297 Å². The van der Waals surface area contributed by atoms with Crippen LogP contribution in [0.15, 0.2) is 48.8 Å². The Bertz CT molecular complexity index is 1730. The topological polar surface area (TPSA) is 108 Å². The van der Waals surface area contributed by atoms with Gasteiger partial charge in [0.05, 0.1) is 66.3 Å². The van der Waals surface area contributed by atoms with E-state index in [0.717, 1.165) is 23.1 Å². The number of aromatic nitrogens is 2. The number of fused-ring (bicyclic) bond motifs is 1. The molecular weight excluding hydrogens is 729 g/mol. The number of carboxylic acids is 1. The van der Waals surface area contributed by atoms with Crippen molar-refractivity contribution in [1.82, 2.24) is 9.97 Å². The van der Waals surface area contributed by atoms with E-state index in [1.165, 1.54) is 17.3 Å². The fraction of sp³-hybridized carbons (Fsp3) is 0.471. The number of anilines is 3. The van der Waals surface area contributed by atoms with Crippen LogP contribution in [0.3, 0.4) is 0 Å². The summed E-state index contributed by atoms with van der Waals surface area (Å²) in [6, 6.07) is 1.54. The van der Waals surface area contributed by atoms with Gasteiger partial charge in [-0.15, -0.1) is 0 Å². The van der Waals surface area contributed by atoms with E-state index in [0.29, 0.717) is 44.1 Å². The number of morpholine rings is 1. The van der Waals surface area contributed by atoms with E-state index in [1.54, 1.807) is 6.92 Å². The van der Waals surface area contributed by atoms with Crippen molar-refractivity contribution < 1.29 is 63.7 Å². The molecule has 0 radical (unpaired) electrons. The lowest BCUT2D eigenvalue weighted by atomic mass is 9.87. The first-order valence-electron chi connectivity index (χ1n) is 16.5. The van der Waals surface area contributed by atoms with Crippen LogP contribution in [0.4, 0.5) is 61.6 Å². The van der Waals surface area contributed by atoms with Crippen LogP contribution in [0.25, 0.3) is 0 Å². The highest BCUT2D eigenvalue weighted by Gasteiger charge is 2.43. The summed E-state index contributed by atoms with van der Waals surface area (Å²) in [7, 11) is 0. The first-order valence-corrected chi connectivity index (χ1v) is 16.5. The minimum atomic E-state index is -5.17. The van der Waals surface area contributed by atoms with Crippen molar-refractivity contribution in [1.29, 1.82) is 0 Å². The van der Waals surface area contributed by atoms with Gasteiger partial charge in [-0.05, 0) is 66.8 Å². The Hall–Kier alpha value is -4.81. The van der Waals surface area contributed by atoms with E-state index in [-0.39, 0.29) is 55.6 Å². The lowest BCUT2D eigenvalue weighted by Gasteiger charge is -2.44. The number of carbonyl (C=O) groups excluding carboxylic acids is 1. The maximum atomic E-state index is 14.1. The van der Waals surface area contributed by atoms with Crippen LogP contribution >= 0.6 is 0 Å². The Morgan fingerprint density at radius 3 is 2.06 bits per heavy atom. The highest BCUT2D eigenvalue weighted by atomic mass is 19.4. The van der Waals surface area contributed by atoms with Crippen molar-refractivity contribution >= 4 is 29.4 Å². The molecule has 0 aliphatic carbocycles. The summed E-state index contributed by atoms with van der Waals surface area (Å²) >= 11 is 0. The lowest BCUT2D eigenvalue weighted by molar-refractivity contribution is -0.143. The van der Waals surface area contributed by atoms with Gasteiger partial charge in [0.25, 0.3) is 0 Å². The van der Waals surface area contributed by atoms with Crippen LogP contribution in [0.1, 0.15) is 66.5 Å². The SMILES string of the molecule is CCC1C[C@H](N(Cc2cc(C(F)(F)F)cc(C(F)(F)F)c2)c2ncc(N3CCOCC3)cn2)c2cc(C(F)(F)F)ccc2N1C(=O)OCCCC(=O)O. The minimum absolute atomic E-state index is 0.0277. The van der Waals surface area contributed by atoms with E-state index in [2.05, 4.69) is 9.97 Å². The van der Waals surface area contributed by atoms with Crippen LogP contribution in [0.5, 0.6) is 0 Å². The minimum Gasteiger partial charge on any atom is -0.481 e. The zero-order chi connectivity index (χ0) is 38.7. The van der Waals surface area contributed by atoms with Crippen molar-refractivity contribution in [3.05, 3.63) is 76.6 Å². The first kappa shape index (κ1) is 39.4. The predicted octanol–water partition coefficient (Wildman–Crippen LogP) is 8.11. The molecule has 1 aromatic heterocycles. The molecular formula is C34H34F9N5O5. The van der Waals surface area contributed by atoms with Crippen molar-refractivity contribution in [3.63, 3.8) is 0 Å². The van der Waals surface area contributed by atoms with Crippen molar-refractivity contribution in [3.8, 4) is 0 Å². The molecule has 19 heteroatoms. The second-order valence-electron chi connectivity index (χ2n) is 12.4. The molecule has 1 amide bonds. The summed E-state index contributed by atoms with van der Waals surface area (Å²) in [5.41, 5.74) is -4.45. The zero-order valence-electron chi connectivity index (χ0n) is 28.1. The van der Waals surface area contributed by atoms with Gasteiger partial charge in [-0.2, -0.15) is 39.5 Å². The summed E-state index contributed by atoms with van der Waals surface area (Å²) in [5, 5.41) is 8.93. The molecule has 1 fully saturated rings. The van der Waals surface area contributed by atoms with Crippen LogP contribution in [-0.4, -0.2) is 66.1 Å². The van der Waals surface area contributed by atoms with Crippen molar-refractivity contribution in [2.45, 2.75) is 69.8 Å². The molecule has 2 aliphatic rings. The molecule has 10 nitrogen and oxygen atoms in total. The fourth-order valence-corrected chi connectivity index (χ4v) is 6.32. The van der Waals surface area contributed by atoms with Gasteiger partial charge in [0.2, 0.25) is 5.95 Å². The summed E-state index contributed by atoms with van der Waals surface area (Å²) in [6.45, 7) is 2.41. The van der Waals surface area contributed by atoms with E-state index >= 15 is 0 Å². The van der Waals surface area contributed by atoms with Gasteiger partial charge < -0.3 is 24.4 Å². The normalized spacial score (nSPS) is 18.1. The molecule has 3 aromatic rings. The largest absolute Gasteiger partial charge is 0.481 e. The standard InChI is InChI=1S/C34H34F9N5O5/c1-2-24-16-28(26-15-21(32(35,36)37)5-6-27(26)48(24)31(51)53-9-3-4-29(49)50)47(30-44-17-25(18-45-30)46-7-10-52-11-8-46)19-20-12-22(33(38,39)40)14-23(13-20)34(41,42)43/h5-6,12-15,17-18,24,28H,2-4,7-11,16,19H2,1H3,(H,49,50)/t24?,28-/m0/s1. The number of ether oxygens (including phenoxy) is 2. The quantitative estimate of drug-likeness (QED) is 0.162. The van der Waals surface area contributed by atoms with Gasteiger partial charge in [0, 0.05) is 32.1 Å². The molecule has 1 unspecified atom stereocenters. The number of amides is 1. The van der Waals surface area contributed by atoms with E-state index in [9.17, 15) is 49.1 Å².